The zero-order chi connectivity index (χ0) is 13.3. The molecule has 2 rings (SSSR count). The average molecular weight is 259 g/mol. The van der Waals surface area contributed by atoms with Crippen LogP contribution in [0.1, 0.15) is 42.7 Å². The number of hydrogen-bond donors (Lipinski definition) is 1. The smallest absolute Gasteiger partial charge is 0.372 e. The van der Waals surface area contributed by atoms with Crippen molar-refractivity contribution < 1.29 is 17.9 Å². The highest BCUT2D eigenvalue weighted by Gasteiger charge is 2.33. The first kappa shape index (κ1) is 13.4. The summed E-state index contributed by atoms with van der Waals surface area (Å²) in [5.74, 6) is 0. The van der Waals surface area contributed by atoms with Gasteiger partial charge in [0.1, 0.15) is 0 Å². The molecule has 0 aromatic heterocycles. The van der Waals surface area contributed by atoms with Crippen LogP contribution >= 0.6 is 0 Å². The van der Waals surface area contributed by atoms with Gasteiger partial charge in [0.25, 0.3) is 0 Å². The quantitative estimate of drug-likeness (QED) is 0.878. The molecule has 100 valence electrons. The van der Waals surface area contributed by atoms with Gasteiger partial charge in [0.05, 0.1) is 24.3 Å². The van der Waals surface area contributed by atoms with E-state index in [9.17, 15) is 13.2 Å². The second kappa shape index (κ2) is 4.90. The van der Waals surface area contributed by atoms with E-state index >= 15 is 0 Å². The third-order valence-electron chi connectivity index (χ3n) is 3.19. The van der Waals surface area contributed by atoms with Crippen molar-refractivity contribution in [2.45, 2.75) is 32.2 Å². The normalized spacial score (nSPS) is 23.8. The van der Waals surface area contributed by atoms with Crippen LogP contribution in [0.3, 0.4) is 0 Å². The van der Waals surface area contributed by atoms with Crippen molar-refractivity contribution in [1.82, 2.24) is 5.32 Å². The van der Waals surface area contributed by atoms with Gasteiger partial charge in [-0.2, -0.15) is 13.2 Å². The minimum Gasteiger partial charge on any atom is -0.372 e. The first-order chi connectivity index (χ1) is 8.43. The van der Waals surface area contributed by atoms with Crippen LogP contribution in [0.25, 0.3) is 0 Å². The Balaban J connectivity index is 2.40. The fraction of sp³-hybridized carbons (Fsp3) is 0.538. The van der Waals surface area contributed by atoms with Gasteiger partial charge in [0.15, 0.2) is 0 Å². The molecular weight excluding hydrogens is 243 g/mol. The zero-order valence-corrected chi connectivity index (χ0v) is 10.3. The van der Waals surface area contributed by atoms with Crippen LogP contribution in [0.4, 0.5) is 13.2 Å². The van der Waals surface area contributed by atoms with Gasteiger partial charge >= 0.3 is 6.18 Å². The number of nitrogens with one attached hydrogen (secondary N) is 1. The molecule has 2 atom stereocenters. The highest BCUT2D eigenvalue weighted by atomic mass is 19.4. The predicted octanol–water partition coefficient (Wildman–Crippen LogP) is 3.45. The summed E-state index contributed by atoms with van der Waals surface area (Å²) in [6.45, 7) is 4.99. The number of hydrogen-bond acceptors (Lipinski definition) is 2. The third kappa shape index (κ3) is 2.52. The Hall–Kier alpha value is -1.07. The highest BCUT2D eigenvalue weighted by Crippen LogP contribution is 2.37. The van der Waals surface area contributed by atoms with Gasteiger partial charge in [0.2, 0.25) is 0 Å². The minimum absolute atomic E-state index is 0.0246. The number of rotatable bonds is 2. The molecule has 0 aliphatic carbocycles. The Morgan fingerprint density at radius 2 is 2.06 bits per heavy atom. The number of alkyl halides is 3. The summed E-state index contributed by atoms with van der Waals surface area (Å²) in [7, 11) is 0. The molecule has 1 aromatic carbocycles. The number of ether oxygens (including phenoxy) is 1. The molecule has 2 nitrogen and oxygen atoms in total. The van der Waals surface area contributed by atoms with E-state index in [1.165, 1.54) is 6.07 Å². The van der Waals surface area contributed by atoms with Gasteiger partial charge in [-0.1, -0.05) is 13.0 Å². The highest BCUT2D eigenvalue weighted by molar-refractivity contribution is 5.38. The summed E-state index contributed by atoms with van der Waals surface area (Å²) in [6, 6.07) is 3.87. The van der Waals surface area contributed by atoms with E-state index in [-0.39, 0.29) is 12.1 Å². The summed E-state index contributed by atoms with van der Waals surface area (Å²) < 4.78 is 43.5. The van der Waals surface area contributed by atoms with Crippen molar-refractivity contribution >= 4 is 0 Å². The number of benzene rings is 1. The summed E-state index contributed by atoms with van der Waals surface area (Å²) >= 11 is 0. The molecule has 18 heavy (non-hydrogen) atoms. The minimum atomic E-state index is -4.31. The molecule has 0 bridgehead atoms. The fourth-order valence-electron chi connectivity index (χ4n) is 2.26. The van der Waals surface area contributed by atoms with E-state index in [2.05, 4.69) is 5.32 Å². The largest absolute Gasteiger partial charge is 0.416 e. The first-order valence-electron chi connectivity index (χ1n) is 5.99. The van der Waals surface area contributed by atoms with Crippen molar-refractivity contribution in [1.29, 1.82) is 0 Å². The Morgan fingerprint density at radius 1 is 1.33 bits per heavy atom. The second-order valence-corrected chi connectivity index (χ2v) is 4.43. The van der Waals surface area contributed by atoms with Crippen LogP contribution in [0.2, 0.25) is 0 Å². The summed E-state index contributed by atoms with van der Waals surface area (Å²) in [5, 5.41) is 3.21. The molecule has 0 saturated heterocycles. The van der Waals surface area contributed by atoms with E-state index in [0.29, 0.717) is 12.2 Å². The van der Waals surface area contributed by atoms with E-state index in [4.69, 9.17) is 4.74 Å². The zero-order valence-electron chi connectivity index (χ0n) is 10.3. The fourth-order valence-corrected chi connectivity index (χ4v) is 2.26. The molecule has 1 aliphatic rings. The molecule has 0 amide bonds. The Labute approximate surface area is 104 Å². The van der Waals surface area contributed by atoms with E-state index in [1.807, 2.05) is 6.92 Å². The standard InChI is InChI=1S/C13H16F3NO/c1-3-17-12-7-18-8(2)11-6-9(13(14,15)16)4-5-10(11)12/h4-6,8,12,17H,3,7H2,1-2H3/t8-,12-/m1/s1. The van der Waals surface area contributed by atoms with Gasteiger partial charge < -0.3 is 10.1 Å². The maximum atomic E-state index is 12.7. The third-order valence-corrected chi connectivity index (χ3v) is 3.19. The van der Waals surface area contributed by atoms with Crippen LogP contribution in [0, 0.1) is 0 Å². The van der Waals surface area contributed by atoms with Crippen LogP contribution in [-0.2, 0) is 10.9 Å². The van der Waals surface area contributed by atoms with Crippen LogP contribution in [-0.4, -0.2) is 13.2 Å². The molecule has 0 saturated carbocycles. The van der Waals surface area contributed by atoms with Gasteiger partial charge in [-0.05, 0) is 36.7 Å². The van der Waals surface area contributed by atoms with E-state index in [0.717, 1.165) is 18.2 Å². The van der Waals surface area contributed by atoms with Crippen molar-refractivity contribution in [3.63, 3.8) is 0 Å². The molecule has 0 fully saturated rings. The molecule has 1 N–H and O–H groups in total. The molecule has 5 heteroatoms. The lowest BCUT2D eigenvalue weighted by Crippen LogP contribution is -2.31. The van der Waals surface area contributed by atoms with Crippen molar-refractivity contribution in [2.75, 3.05) is 13.2 Å². The van der Waals surface area contributed by atoms with Gasteiger partial charge in [-0.25, -0.2) is 0 Å². The average Bonchev–Trinajstić information content (AvgIpc) is 2.31. The maximum absolute atomic E-state index is 12.7. The summed E-state index contributed by atoms with van der Waals surface area (Å²) in [6.07, 6.45) is -4.60. The van der Waals surface area contributed by atoms with Crippen LogP contribution in [0.5, 0.6) is 0 Å². The molecule has 1 aromatic rings. The molecule has 1 aliphatic heterocycles. The molecule has 0 spiro atoms. The van der Waals surface area contributed by atoms with Gasteiger partial charge in [0, 0.05) is 0 Å². The first-order valence-corrected chi connectivity index (χ1v) is 5.99. The topological polar surface area (TPSA) is 21.3 Å². The Kier molecular flexibility index (Phi) is 3.64. The molecule has 1 heterocycles. The molecular formula is C13H16F3NO. The van der Waals surface area contributed by atoms with Crippen molar-refractivity contribution in [3.8, 4) is 0 Å². The number of likely N-dealkylation sites (N-methyl/N-ethyl adjacent to an activating group) is 1. The lowest BCUT2D eigenvalue weighted by Gasteiger charge is -2.31. The second-order valence-electron chi connectivity index (χ2n) is 4.43. The SMILES string of the molecule is CCN[C@@H]1CO[C@H](C)c2cc(C(F)(F)F)ccc21. The Bertz CT molecular complexity index is 431. The maximum Gasteiger partial charge on any atom is 0.416 e. The van der Waals surface area contributed by atoms with E-state index in [1.54, 1.807) is 13.0 Å². The number of fused-ring (bicyclic) bond motifs is 1. The van der Waals surface area contributed by atoms with Crippen LogP contribution < -0.4 is 5.32 Å². The van der Waals surface area contributed by atoms with Gasteiger partial charge in [-0.3, -0.25) is 0 Å². The lowest BCUT2D eigenvalue weighted by molar-refractivity contribution is -0.137. The Morgan fingerprint density at radius 3 is 2.67 bits per heavy atom. The van der Waals surface area contributed by atoms with Gasteiger partial charge in [-0.15, -0.1) is 0 Å². The predicted molar refractivity (Wildman–Crippen MR) is 62.2 cm³/mol. The molecule has 0 unspecified atom stereocenters. The summed E-state index contributed by atoms with van der Waals surface area (Å²) in [4.78, 5) is 0. The summed E-state index contributed by atoms with van der Waals surface area (Å²) in [5.41, 5.74) is 0.916. The van der Waals surface area contributed by atoms with Crippen molar-refractivity contribution in [2.24, 2.45) is 0 Å². The van der Waals surface area contributed by atoms with Crippen LogP contribution in [0.15, 0.2) is 18.2 Å². The van der Waals surface area contributed by atoms with E-state index < -0.39 is 11.7 Å². The lowest BCUT2D eigenvalue weighted by atomic mass is 9.92. The monoisotopic (exact) mass is 259 g/mol. The van der Waals surface area contributed by atoms with Crippen molar-refractivity contribution in [3.05, 3.63) is 34.9 Å². The number of halogens is 3. The molecule has 0 radical (unpaired) electrons.